The van der Waals surface area contributed by atoms with Gasteiger partial charge >= 0.3 is 7.82 Å². The lowest BCUT2D eigenvalue weighted by Crippen LogP contribution is -2.19. The van der Waals surface area contributed by atoms with Crippen LogP contribution in [0, 0.1) is 18.8 Å². The van der Waals surface area contributed by atoms with Crippen LogP contribution in [0.15, 0.2) is 42.5 Å². The SMILES string of the molecule is CCCCC(CC)COP(=O)(OCC(CC)CCCC)OC(N)c1ccccc1-c1cccc(C)n1. The van der Waals surface area contributed by atoms with Crippen molar-refractivity contribution in [2.45, 2.75) is 92.2 Å². The lowest BCUT2D eigenvalue weighted by molar-refractivity contribution is 0.0593. The topological polar surface area (TPSA) is 83.7 Å². The molecular weight excluding hydrogens is 471 g/mol. The molecule has 2 rings (SSSR count). The van der Waals surface area contributed by atoms with Gasteiger partial charge in [0.1, 0.15) is 6.23 Å². The van der Waals surface area contributed by atoms with Gasteiger partial charge in [0.15, 0.2) is 0 Å². The lowest BCUT2D eigenvalue weighted by Gasteiger charge is -2.26. The van der Waals surface area contributed by atoms with Gasteiger partial charge in [-0.1, -0.05) is 96.6 Å². The fraction of sp³-hybridized carbons (Fsp3) is 0.621. The summed E-state index contributed by atoms with van der Waals surface area (Å²) in [5.74, 6) is 0.597. The fourth-order valence-electron chi connectivity index (χ4n) is 4.16. The Kier molecular flexibility index (Phi) is 13.9. The number of phosphoric acid groups is 1. The molecule has 0 aliphatic rings. The molecule has 202 valence electrons. The van der Waals surface area contributed by atoms with Crippen molar-refractivity contribution in [1.82, 2.24) is 4.98 Å². The number of aryl methyl sites for hydroxylation is 1. The number of pyridine rings is 1. The molecule has 0 amide bonds. The van der Waals surface area contributed by atoms with Gasteiger partial charge < -0.3 is 5.73 Å². The van der Waals surface area contributed by atoms with Crippen LogP contribution in [0.5, 0.6) is 0 Å². The van der Waals surface area contributed by atoms with E-state index in [4.69, 9.17) is 19.3 Å². The molecule has 0 aliphatic heterocycles. The Morgan fingerprint density at radius 3 is 1.97 bits per heavy atom. The van der Waals surface area contributed by atoms with Gasteiger partial charge in [-0.3, -0.25) is 18.6 Å². The van der Waals surface area contributed by atoms with E-state index in [2.05, 4.69) is 32.7 Å². The minimum atomic E-state index is -3.91. The van der Waals surface area contributed by atoms with E-state index in [1.54, 1.807) is 0 Å². The second-order valence-electron chi connectivity index (χ2n) is 9.65. The zero-order valence-corrected chi connectivity index (χ0v) is 23.8. The van der Waals surface area contributed by atoms with Crippen LogP contribution in [-0.2, 0) is 18.1 Å². The van der Waals surface area contributed by atoms with Gasteiger partial charge in [-0.25, -0.2) is 4.57 Å². The van der Waals surface area contributed by atoms with E-state index in [0.29, 0.717) is 30.6 Å². The van der Waals surface area contributed by atoms with E-state index in [1.165, 1.54) is 0 Å². The molecule has 6 nitrogen and oxygen atoms in total. The molecule has 7 heteroatoms. The molecule has 3 atom stereocenters. The Morgan fingerprint density at radius 1 is 0.861 bits per heavy atom. The molecule has 2 N–H and O–H groups in total. The molecule has 2 aromatic rings. The first-order chi connectivity index (χ1) is 17.4. The van der Waals surface area contributed by atoms with Crippen LogP contribution in [0.1, 0.15) is 96.5 Å². The summed E-state index contributed by atoms with van der Waals surface area (Å²) < 4.78 is 31.8. The van der Waals surface area contributed by atoms with Crippen LogP contribution < -0.4 is 5.73 Å². The number of unbranched alkanes of at least 4 members (excludes halogenated alkanes) is 2. The summed E-state index contributed by atoms with van der Waals surface area (Å²) in [7, 11) is -3.91. The number of nitrogens with two attached hydrogens (primary N) is 1. The largest absolute Gasteiger partial charge is 0.476 e. The third-order valence-electron chi connectivity index (χ3n) is 6.70. The molecule has 0 spiro atoms. The van der Waals surface area contributed by atoms with Crippen LogP contribution in [0.25, 0.3) is 11.3 Å². The Hall–Kier alpha value is -1.56. The molecule has 0 fully saturated rings. The van der Waals surface area contributed by atoms with E-state index in [-0.39, 0.29) is 0 Å². The highest BCUT2D eigenvalue weighted by molar-refractivity contribution is 7.48. The van der Waals surface area contributed by atoms with Crippen LogP contribution >= 0.6 is 7.82 Å². The zero-order chi connectivity index (χ0) is 26.4. The van der Waals surface area contributed by atoms with Crippen molar-refractivity contribution >= 4 is 7.82 Å². The van der Waals surface area contributed by atoms with Crippen molar-refractivity contribution in [3.63, 3.8) is 0 Å². The third-order valence-corrected chi connectivity index (χ3v) is 8.11. The fourth-order valence-corrected chi connectivity index (χ4v) is 5.53. The molecule has 0 saturated heterocycles. The van der Waals surface area contributed by atoms with Gasteiger partial charge in [0.05, 0.1) is 18.9 Å². The molecule has 0 saturated carbocycles. The van der Waals surface area contributed by atoms with Crippen molar-refractivity contribution < 1.29 is 18.1 Å². The standard InChI is InChI=1S/C29H47N2O4P/c1-6-10-16-24(8-3)21-33-36(32,34-22-25(9-4)17-11-7-2)35-29(30)27-19-13-12-18-26(27)28-20-14-15-23(5)31-28/h12-15,18-20,24-25,29H,6-11,16-17,21-22,30H2,1-5H3. The van der Waals surface area contributed by atoms with Gasteiger partial charge in [0.25, 0.3) is 0 Å². The second-order valence-corrected chi connectivity index (χ2v) is 11.3. The summed E-state index contributed by atoms with van der Waals surface area (Å²) in [6.45, 7) is 11.2. The van der Waals surface area contributed by atoms with E-state index < -0.39 is 14.1 Å². The Bertz CT molecular complexity index is 915. The first-order valence-electron chi connectivity index (χ1n) is 13.7. The molecule has 0 radical (unpaired) electrons. The van der Waals surface area contributed by atoms with Crippen LogP contribution in [0.2, 0.25) is 0 Å². The molecule has 3 unspecified atom stereocenters. The zero-order valence-electron chi connectivity index (χ0n) is 22.9. The second kappa shape index (κ2) is 16.3. The van der Waals surface area contributed by atoms with Crippen molar-refractivity contribution in [2.75, 3.05) is 13.2 Å². The van der Waals surface area contributed by atoms with E-state index in [1.807, 2.05) is 49.4 Å². The first kappa shape index (κ1) is 30.7. The molecule has 0 bridgehead atoms. The smallest absolute Gasteiger partial charge is 0.302 e. The number of rotatable bonds is 18. The van der Waals surface area contributed by atoms with Crippen LogP contribution in [0.3, 0.4) is 0 Å². The van der Waals surface area contributed by atoms with E-state index in [0.717, 1.165) is 68.3 Å². The van der Waals surface area contributed by atoms with Gasteiger partial charge in [-0.2, -0.15) is 0 Å². The predicted octanol–water partition coefficient (Wildman–Crippen LogP) is 8.61. The average Bonchev–Trinajstić information content (AvgIpc) is 2.89. The number of aromatic nitrogens is 1. The van der Waals surface area contributed by atoms with E-state index >= 15 is 0 Å². The molecule has 0 aliphatic carbocycles. The predicted molar refractivity (Wildman–Crippen MR) is 149 cm³/mol. The molecule has 1 aromatic heterocycles. The van der Waals surface area contributed by atoms with Crippen LogP contribution in [0.4, 0.5) is 0 Å². The number of benzene rings is 1. The van der Waals surface area contributed by atoms with Crippen molar-refractivity contribution in [3.8, 4) is 11.3 Å². The van der Waals surface area contributed by atoms with Crippen molar-refractivity contribution in [2.24, 2.45) is 17.6 Å². The maximum Gasteiger partial charge on any atom is 0.476 e. The van der Waals surface area contributed by atoms with Gasteiger partial charge in [0.2, 0.25) is 0 Å². The van der Waals surface area contributed by atoms with Gasteiger partial charge in [0, 0.05) is 16.8 Å². The molecule has 36 heavy (non-hydrogen) atoms. The highest BCUT2D eigenvalue weighted by Gasteiger charge is 2.33. The van der Waals surface area contributed by atoms with Crippen molar-refractivity contribution in [1.29, 1.82) is 0 Å². The minimum Gasteiger partial charge on any atom is -0.302 e. The molecular formula is C29H47N2O4P. The van der Waals surface area contributed by atoms with Gasteiger partial charge in [-0.05, 0) is 43.7 Å². The third kappa shape index (κ3) is 10.1. The van der Waals surface area contributed by atoms with Crippen molar-refractivity contribution in [3.05, 3.63) is 53.7 Å². The number of nitrogens with zero attached hydrogens (tertiary/aromatic N) is 1. The monoisotopic (exact) mass is 518 g/mol. The number of hydrogen-bond acceptors (Lipinski definition) is 6. The minimum absolute atomic E-state index is 0.299. The summed E-state index contributed by atoms with van der Waals surface area (Å²) >= 11 is 0. The molecule has 1 heterocycles. The normalized spacial score (nSPS) is 15.8. The maximum atomic E-state index is 13.9. The quantitative estimate of drug-likeness (QED) is 0.157. The summed E-state index contributed by atoms with van der Waals surface area (Å²) in [5, 5.41) is 0. The van der Waals surface area contributed by atoms with E-state index in [9.17, 15) is 4.57 Å². The van der Waals surface area contributed by atoms with Gasteiger partial charge in [-0.15, -0.1) is 0 Å². The Balaban J connectivity index is 2.24. The summed E-state index contributed by atoms with van der Waals surface area (Å²) in [5.41, 5.74) is 9.74. The maximum absolute atomic E-state index is 13.9. The Morgan fingerprint density at radius 2 is 1.44 bits per heavy atom. The lowest BCUT2D eigenvalue weighted by atomic mass is 10.0. The summed E-state index contributed by atoms with van der Waals surface area (Å²) in [6, 6.07) is 13.5. The average molecular weight is 519 g/mol. The number of phosphoric ester groups is 1. The first-order valence-corrected chi connectivity index (χ1v) is 15.2. The summed E-state index contributed by atoms with van der Waals surface area (Å²) in [6.07, 6.45) is 7.41. The Labute approximate surface area is 219 Å². The summed E-state index contributed by atoms with van der Waals surface area (Å²) in [4.78, 5) is 4.64. The van der Waals surface area contributed by atoms with Crippen LogP contribution in [-0.4, -0.2) is 18.2 Å². The highest BCUT2D eigenvalue weighted by Crippen LogP contribution is 2.53. The number of hydrogen-bond donors (Lipinski definition) is 1. The molecule has 1 aromatic carbocycles. The highest BCUT2D eigenvalue weighted by atomic mass is 31.2.